The third-order valence-corrected chi connectivity index (χ3v) is 1.86. The second kappa shape index (κ2) is 3.22. The molecule has 1 aromatic heterocycles. The lowest BCUT2D eigenvalue weighted by Crippen LogP contribution is -2.06. The van der Waals surface area contributed by atoms with Crippen LogP contribution in [0.25, 0.3) is 0 Å². The van der Waals surface area contributed by atoms with Crippen LogP contribution in [0.4, 0.5) is 13.2 Å². The third-order valence-electron chi connectivity index (χ3n) is 1.13. The first-order chi connectivity index (χ1) is 5.41. The van der Waals surface area contributed by atoms with Crippen LogP contribution in [0, 0.1) is 0 Å². The molecule has 0 spiro atoms. The van der Waals surface area contributed by atoms with Crippen LogP contribution in [0.15, 0.2) is 16.9 Å². The highest BCUT2D eigenvalue weighted by molar-refractivity contribution is 9.10. The third kappa shape index (κ3) is 2.10. The number of rotatable bonds is 0. The van der Waals surface area contributed by atoms with Gasteiger partial charge in [0.25, 0.3) is 0 Å². The van der Waals surface area contributed by atoms with E-state index in [1.165, 1.54) is 0 Å². The predicted molar refractivity (Wildman–Crippen MR) is 41.9 cm³/mol. The van der Waals surface area contributed by atoms with Crippen molar-refractivity contribution in [2.24, 2.45) is 0 Å². The number of alkyl halides is 3. The Hall–Kier alpha value is -0.290. The summed E-state index contributed by atoms with van der Waals surface area (Å²) in [6.45, 7) is 0. The Morgan fingerprint density at radius 1 is 1.42 bits per heavy atom. The zero-order chi connectivity index (χ0) is 9.35. The minimum Gasteiger partial charge on any atom is -0.248 e. The topological polar surface area (TPSA) is 12.9 Å². The van der Waals surface area contributed by atoms with E-state index in [1.54, 1.807) is 0 Å². The maximum Gasteiger partial charge on any atom is 0.417 e. The Labute approximate surface area is 79.7 Å². The molecule has 1 aromatic rings. The zero-order valence-corrected chi connectivity index (χ0v) is 7.83. The van der Waals surface area contributed by atoms with Gasteiger partial charge in [-0.3, -0.25) is 0 Å². The van der Waals surface area contributed by atoms with Crippen LogP contribution in [0.3, 0.4) is 0 Å². The minimum absolute atomic E-state index is 0.110. The summed E-state index contributed by atoms with van der Waals surface area (Å²) >= 11 is 8.10. The van der Waals surface area contributed by atoms with Crippen molar-refractivity contribution < 1.29 is 13.2 Å². The molecular formula is C6H2BrClF3N. The van der Waals surface area contributed by atoms with Gasteiger partial charge in [-0.1, -0.05) is 11.6 Å². The standard InChI is InChI=1S/C6H2BrClF3N/c7-5-1-3(6(9,10)11)4(8)2-12-5/h1-2H. The Bertz CT molecular complexity index is 299. The van der Waals surface area contributed by atoms with Gasteiger partial charge in [-0.15, -0.1) is 0 Å². The van der Waals surface area contributed by atoms with Gasteiger partial charge in [-0.2, -0.15) is 13.2 Å². The second-order valence-electron chi connectivity index (χ2n) is 1.98. The molecule has 0 saturated carbocycles. The predicted octanol–water partition coefficient (Wildman–Crippen LogP) is 3.52. The van der Waals surface area contributed by atoms with Crippen LogP contribution in [0.5, 0.6) is 0 Å². The highest BCUT2D eigenvalue weighted by Crippen LogP contribution is 2.35. The Morgan fingerprint density at radius 2 is 2.00 bits per heavy atom. The number of aromatic nitrogens is 1. The summed E-state index contributed by atoms with van der Waals surface area (Å²) in [5.41, 5.74) is -0.883. The van der Waals surface area contributed by atoms with Gasteiger partial charge < -0.3 is 0 Å². The summed E-state index contributed by atoms with van der Waals surface area (Å²) in [5.74, 6) is 0. The van der Waals surface area contributed by atoms with E-state index >= 15 is 0 Å². The largest absolute Gasteiger partial charge is 0.417 e. The highest BCUT2D eigenvalue weighted by Gasteiger charge is 2.33. The smallest absolute Gasteiger partial charge is 0.248 e. The summed E-state index contributed by atoms with van der Waals surface area (Å²) in [6.07, 6.45) is -3.48. The molecule has 6 heteroatoms. The molecule has 0 N–H and O–H groups in total. The number of pyridine rings is 1. The maximum absolute atomic E-state index is 12.1. The first-order valence-corrected chi connectivity index (χ1v) is 3.96. The average Bonchev–Trinajstić information content (AvgIpc) is 1.92. The quantitative estimate of drug-likeness (QED) is 0.650. The zero-order valence-electron chi connectivity index (χ0n) is 5.49. The number of nitrogens with zero attached hydrogens (tertiary/aromatic N) is 1. The van der Waals surface area contributed by atoms with Gasteiger partial charge in [0.2, 0.25) is 0 Å². The Kier molecular flexibility index (Phi) is 2.63. The maximum atomic E-state index is 12.1. The summed E-state index contributed by atoms with van der Waals surface area (Å²) < 4.78 is 36.4. The summed E-state index contributed by atoms with van der Waals surface area (Å²) in [7, 11) is 0. The molecule has 0 saturated heterocycles. The van der Waals surface area contributed by atoms with Crippen LogP contribution in [-0.4, -0.2) is 4.98 Å². The summed E-state index contributed by atoms with van der Waals surface area (Å²) in [5, 5.41) is -0.397. The van der Waals surface area contributed by atoms with Crippen LogP contribution in [0.1, 0.15) is 5.56 Å². The van der Waals surface area contributed by atoms with Crippen molar-refractivity contribution in [2.75, 3.05) is 0 Å². The molecule has 0 amide bonds. The molecule has 66 valence electrons. The van der Waals surface area contributed by atoms with Crippen LogP contribution in [0.2, 0.25) is 5.02 Å². The lowest BCUT2D eigenvalue weighted by Gasteiger charge is -2.07. The fraction of sp³-hybridized carbons (Fsp3) is 0.167. The van der Waals surface area contributed by atoms with E-state index in [-0.39, 0.29) is 4.60 Å². The van der Waals surface area contributed by atoms with Gasteiger partial charge in [0.1, 0.15) is 4.60 Å². The fourth-order valence-electron chi connectivity index (χ4n) is 0.630. The monoisotopic (exact) mass is 259 g/mol. The fourth-order valence-corrected chi connectivity index (χ4v) is 1.17. The molecular weight excluding hydrogens is 258 g/mol. The molecule has 1 rings (SSSR count). The molecule has 0 unspecified atom stereocenters. The van der Waals surface area contributed by atoms with Gasteiger partial charge in [0, 0.05) is 6.20 Å². The van der Waals surface area contributed by atoms with Crippen LogP contribution >= 0.6 is 27.5 Å². The molecule has 0 atom stereocenters. The Morgan fingerprint density at radius 3 is 2.42 bits per heavy atom. The molecule has 0 aromatic carbocycles. The van der Waals surface area contributed by atoms with Gasteiger partial charge in [0.15, 0.2) is 0 Å². The van der Waals surface area contributed by atoms with Crippen LogP contribution < -0.4 is 0 Å². The SMILES string of the molecule is FC(F)(F)c1cc(Br)ncc1Cl. The lowest BCUT2D eigenvalue weighted by molar-refractivity contribution is -0.137. The van der Waals surface area contributed by atoms with Gasteiger partial charge >= 0.3 is 6.18 Å². The Balaban J connectivity index is 3.23. The molecule has 0 bridgehead atoms. The lowest BCUT2D eigenvalue weighted by atomic mass is 10.3. The normalized spacial score (nSPS) is 11.8. The molecule has 0 aliphatic rings. The van der Waals surface area contributed by atoms with E-state index < -0.39 is 16.8 Å². The van der Waals surface area contributed by atoms with Crippen molar-refractivity contribution >= 4 is 27.5 Å². The van der Waals surface area contributed by atoms with Crippen molar-refractivity contribution in [1.82, 2.24) is 4.98 Å². The van der Waals surface area contributed by atoms with Gasteiger partial charge in [-0.05, 0) is 22.0 Å². The molecule has 12 heavy (non-hydrogen) atoms. The minimum atomic E-state index is -4.43. The molecule has 0 fully saturated rings. The van der Waals surface area contributed by atoms with E-state index in [0.717, 1.165) is 12.3 Å². The van der Waals surface area contributed by atoms with Crippen molar-refractivity contribution in [3.8, 4) is 0 Å². The van der Waals surface area contributed by atoms with Gasteiger partial charge in [-0.25, -0.2) is 4.98 Å². The molecule has 0 aliphatic carbocycles. The van der Waals surface area contributed by atoms with Crippen molar-refractivity contribution in [2.45, 2.75) is 6.18 Å². The number of hydrogen-bond donors (Lipinski definition) is 0. The van der Waals surface area contributed by atoms with Crippen LogP contribution in [-0.2, 0) is 6.18 Å². The highest BCUT2D eigenvalue weighted by atomic mass is 79.9. The second-order valence-corrected chi connectivity index (χ2v) is 3.20. The van der Waals surface area contributed by atoms with Gasteiger partial charge in [0.05, 0.1) is 10.6 Å². The first kappa shape index (κ1) is 9.80. The first-order valence-electron chi connectivity index (χ1n) is 2.79. The van der Waals surface area contributed by atoms with E-state index in [9.17, 15) is 13.2 Å². The number of halogens is 5. The molecule has 0 aliphatic heterocycles. The van der Waals surface area contributed by atoms with Crippen molar-refractivity contribution in [3.05, 3.63) is 27.5 Å². The molecule has 1 heterocycles. The van der Waals surface area contributed by atoms with E-state index in [1.807, 2.05) is 0 Å². The average molecular weight is 260 g/mol. The van der Waals surface area contributed by atoms with Crippen molar-refractivity contribution in [1.29, 1.82) is 0 Å². The summed E-state index contributed by atoms with van der Waals surface area (Å²) in [4.78, 5) is 3.54. The van der Waals surface area contributed by atoms with E-state index in [0.29, 0.717) is 0 Å². The van der Waals surface area contributed by atoms with Crippen molar-refractivity contribution in [3.63, 3.8) is 0 Å². The molecule has 0 radical (unpaired) electrons. The van der Waals surface area contributed by atoms with E-state index in [4.69, 9.17) is 11.6 Å². The number of hydrogen-bond acceptors (Lipinski definition) is 1. The molecule has 1 nitrogen and oxygen atoms in total. The van der Waals surface area contributed by atoms with E-state index in [2.05, 4.69) is 20.9 Å². The summed E-state index contributed by atoms with van der Waals surface area (Å²) in [6, 6.07) is 0.836.